The van der Waals surface area contributed by atoms with Crippen molar-refractivity contribution in [1.82, 2.24) is 9.97 Å². The maximum atomic E-state index is 14.3. The highest BCUT2D eigenvalue weighted by molar-refractivity contribution is 6.02. The molecule has 0 unspecified atom stereocenters. The molecule has 3 N–H and O–H groups in total. The summed E-state index contributed by atoms with van der Waals surface area (Å²) in [4.78, 5) is 23.1. The van der Waals surface area contributed by atoms with Crippen molar-refractivity contribution in [2.24, 2.45) is 10.7 Å². The number of nitrogens with two attached hydrogens (primary N) is 1. The molecule has 2 atom stereocenters. The lowest BCUT2D eigenvalue weighted by atomic mass is 9.86. The van der Waals surface area contributed by atoms with E-state index < -0.39 is 47.9 Å². The summed E-state index contributed by atoms with van der Waals surface area (Å²) in [7, 11) is 0. The Balaban J connectivity index is 1.91. The molecule has 0 fully saturated rings. The lowest BCUT2D eigenvalue weighted by Crippen LogP contribution is -2.46. The van der Waals surface area contributed by atoms with E-state index in [2.05, 4.69) is 25.0 Å². The first kappa shape index (κ1) is 20.4. The first-order valence-electron chi connectivity index (χ1n) is 8.15. The average molecular weight is 415 g/mol. The molecule has 2 aromatic heterocycles. The zero-order valence-electron chi connectivity index (χ0n) is 14.8. The number of halogens is 5. The monoisotopic (exact) mass is 415 g/mol. The Kier molecular flexibility index (Phi) is 5.11. The molecule has 0 radical (unpaired) electrons. The van der Waals surface area contributed by atoms with Crippen molar-refractivity contribution < 1.29 is 31.5 Å². The topological polar surface area (TPSA) is 102 Å². The van der Waals surface area contributed by atoms with Gasteiger partial charge in [-0.2, -0.15) is 17.6 Å². The number of hydrogen-bond donors (Lipinski definition) is 2. The van der Waals surface area contributed by atoms with Gasteiger partial charge in [0.2, 0.25) is 5.95 Å². The standard InChI is InChI=1S/C17H14F5N5O2/c1-16(5-12(17(20,21)22)29-15(23)27-16)10-4-9(7-25-13(10)19)26-14(28)11-3-2-8(18)6-24-11/h2-4,6-7,12H,5H2,1H3,(H2,23,27)(H,26,28)/t12-,16-/m0/s1. The molecule has 0 spiro atoms. The third kappa shape index (κ3) is 4.41. The predicted molar refractivity (Wildman–Crippen MR) is 90.9 cm³/mol. The molecular weight excluding hydrogens is 401 g/mol. The van der Waals surface area contributed by atoms with Gasteiger partial charge in [0, 0.05) is 12.0 Å². The predicted octanol–water partition coefficient (Wildman–Crippen LogP) is 2.89. The zero-order chi connectivity index (χ0) is 21.4. The molecular formula is C17H14F5N5O2. The number of aliphatic imine (C=N–C) groups is 1. The van der Waals surface area contributed by atoms with Crippen molar-refractivity contribution in [2.75, 3.05) is 5.32 Å². The molecule has 2 aromatic rings. The number of ether oxygens (including phenoxy) is 1. The number of hydrogen-bond acceptors (Lipinski definition) is 6. The number of nitrogens with one attached hydrogen (secondary N) is 1. The van der Waals surface area contributed by atoms with Crippen molar-refractivity contribution in [3.63, 3.8) is 0 Å². The Hall–Kier alpha value is -3.31. The van der Waals surface area contributed by atoms with Crippen LogP contribution in [0.15, 0.2) is 35.6 Å². The van der Waals surface area contributed by atoms with E-state index in [0.717, 1.165) is 30.6 Å². The van der Waals surface area contributed by atoms with Gasteiger partial charge >= 0.3 is 6.18 Å². The highest BCUT2D eigenvalue weighted by Crippen LogP contribution is 2.40. The molecule has 12 heteroatoms. The number of pyridine rings is 2. The molecule has 29 heavy (non-hydrogen) atoms. The van der Waals surface area contributed by atoms with E-state index >= 15 is 0 Å². The van der Waals surface area contributed by atoms with E-state index in [-0.39, 0.29) is 16.9 Å². The molecule has 0 saturated carbocycles. The summed E-state index contributed by atoms with van der Waals surface area (Å²) in [6.45, 7) is 1.24. The Morgan fingerprint density at radius 1 is 1.28 bits per heavy atom. The quantitative estimate of drug-likeness (QED) is 0.593. The van der Waals surface area contributed by atoms with Crippen LogP contribution in [0, 0.1) is 11.8 Å². The summed E-state index contributed by atoms with van der Waals surface area (Å²) >= 11 is 0. The van der Waals surface area contributed by atoms with E-state index in [1.807, 2.05) is 0 Å². The molecule has 3 heterocycles. The number of carbonyl (C=O) groups is 1. The lowest BCUT2D eigenvalue weighted by molar-refractivity contribution is -0.208. The minimum absolute atomic E-state index is 0.0254. The summed E-state index contributed by atoms with van der Waals surface area (Å²) in [6, 6.07) is 2.50. The van der Waals surface area contributed by atoms with Crippen LogP contribution in [0.5, 0.6) is 0 Å². The highest BCUT2D eigenvalue weighted by atomic mass is 19.4. The molecule has 3 rings (SSSR count). The van der Waals surface area contributed by atoms with E-state index in [4.69, 9.17) is 5.73 Å². The maximum Gasteiger partial charge on any atom is 0.425 e. The summed E-state index contributed by atoms with van der Waals surface area (Å²) in [6.07, 6.45) is -5.97. The number of amides is 1. The molecule has 1 aliphatic heterocycles. The van der Waals surface area contributed by atoms with Crippen LogP contribution in [0.25, 0.3) is 0 Å². The second-order valence-electron chi connectivity index (χ2n) is 6.45. The molecule has 0 bridgehead atoms. The summed E-state index contributed by atoms with van der Waals surface area (Å²) in [5, 5.41) is 2.37. The van der Waals surface area contributed by atoms with Crippen molar-refractivity contribution in [1.29, 1.82) is 0 Å². The largest absolute Gasteiger partial charge is 0.452 e. The van der Waals surface area contributed by atoms with Crippen LogP contribution in [0.4, 0.5) is 27.6 Å². The average Bonchev–Trinajstić information content (AvgIpc) is 2.62. The van der Waals surface area contributed by atoms with Gasteiger partial charge in [-0.15, -0.1) is 0 Å². The Morgan fingerprint density at radius 3 is 2.62 bits per heavy atom. The number of anilines is 1. The van der Waals surface area contributed by atoms with Gasteiger partial charge in [0.05, 0.1) is 23.6 Å². The fourth-order valence-corrected chi connectivity index (χ4v) is 2.82. The van der Waals surface area contributed by atoms with E-state index in [0.29, 0.717) is 0 Å². The van der Waals surface area contributed by atoms with Crippen LogP contribution < -0.4 is 11.1 Å². The molecule has 154 valence electrons. The number of alkyl halides is 3. The van der Waals surface area contributed by atoms with Gasteiger partial charge in [0.25, 0.3) is 11.9 Å². The van der Waals surface area contributed by atoms with Gasteiger partial charge in [-0.3, -0.25) is 4.79 Å². The minimum atomic E-state index is -4.74. The Labute approximate surface area is 160 Å². The van der Waals surface area contributed by atoms with Crippen LogP contribution in [0.3, 0.4) is 0 Å². The summed E-state index contributed by atoms with van der Waals surface area (Å²) in [5.74, 6) is -2.48. The third-order valence-corrected chi connectivity index (χ3v) is 4.21. The summed E-state index contributed by atoms with van der Waals surface area (Å²) in [5.41, 5.74) is 3.15. The third-order valence-electron chi connectivity index (χ3n) is 4.21. The Morgan fingerprint density at radius 2 is 2.00 bits per heavy atom. The molecule has 0 aliphatic carbocycles. The normalized spacial score (nSPS) is 21.9. The lowest BCUT2D eigenvalue weighted by Gasteiger charge is -2.35. The van der Waals surface area contributed by atoms with Gasteiger partial charge < -0.3 is 15.8 Å². The first-order valence-corrected chi connectivity index (χ1v) is 8.15. The van der Waals surface area contributed by atoms with E-state index in [1.165, 1.54) is 6.92 Å². The van der Waals surface area contributed by atoms with Crippen LogP contribution in [0.1, 0.15) is 29.4 Å². The first-order chi connectivity index (χ1) is 13.5. The molecule has 0 aromatic carbocycles. The number of amidine groups is 1. The molecule has 0 saturated heterocycles. The highest BCUT2D eigenvalue weighted by Gasteiger charge is 2.50. The van der Waals surface area contributed by atoms with Gasteiger partial charge in [-0.25, -0.2) is 19.4 Å². The van der Waals surface area contributed by atoms with Gasteiger partial charge in [-0.1, -0.05) is 0 Å². The number of carbonyl (C=O) groups excluding carboxylic acids is 1. The zero-order valence-corrected chi connectivity index (χ0v) is 14.8. The fraction of sp³-hybridized carbons (Fsp3) is 0.294. The van der Waals surface area contributed by atoms with Crippen LogP contribution in [0.2, 0.25) is 0 Å². The van der Waals surface area contributed by atoms with Crippen molar-refractivity contribution in [2.45, 2.75) is 31.2 Å². The number of aromatic nitrogens is 2. The molecule has 7 nitrogen and oxygen atoms in total. The smallest absolute Gasteiger partial charge is 0.425 e. The SMILES string of the molecule is C[C@@]1(c2cc(NC(=O)c3ccc(F)cn3)cnc2F)C[C@@H](C(F)(F)F)OC(N)=N1. The van der Waals surface area contributed by atoms with Crippen molar-refractivity contribution in [3.05, 3.63) is 53.6 Å². The molecule has 1 amide bonds. The van der Waals surface area contributed by atoms with E-state index in [9.17, 15) is 26.7 Å². The second kappa shape index (κ2) is 7.26. The minimum Gasteiger partial charge on any atom is -0.452 e. The van der Waals surface area contributed by atoms with Crippen molar-refractivity contribution in [3.8, 4) is 0 Å². The van der Waals surface area contributed by atoms with E-state index in [1.54, 1.807) is 0 Å². The van der Waals surface area contributed by atoms with Gasteiger partial charge in [0.1, 0.15) is 11.5 Å². The van der Waals surface area contributed by atoms with Gasteiger partial charge in [0.15, 0.2) is 6.10 Å². The Bertz CT molecular complexity index is 964. The maximum absolute atomic E-state index is 14.3. The second-order valence-corrected chi connectivity index (χ2v) is 6.45. The van der Waals surface area contributed by atoms with Crippen molar-refractivity contribution >= 4 is 17.6 Å². The summed E-state index contributed by atoms with van der Waals surface area (Å²) < 4.78 is 71.1. The number of rotatable bonds is 3. The number of nitrogens with zero attached hydrogens (tertiary/aromatic N) is 3. The fourth-order valence-electron chi connectivity index (χ4n) is 2.82. The van der Waals surface area contributed by atoms with Crippen LogP contribution >= 0.6 is 0 Å². The van der Waals surface area contributed by atoms with Gasteiger partial charge in [-0.05, 0) is 25.1 Å². The van der Waals surface area contributed by atoms with Crippen LogP contribution in [-0.4, -0.2) is 34.2 Å². The molecule has 1 aliphatic rings. The van der Waals surface area contributed by atoms with Crippen LogP contribution in [-0.2, 0) is 10.3 Å².